The van der Waals surface area contributed by atoms with Crippen LogP contribution in [0.5, 0.6) is 0 Å². The molecule has 2 N–H and O–H groups in total. The molecule has 0 atom stereocenters. The van der Waals surface area contributed by atoms with E-state index in [9.17, 15) is 19.2 Å². The second kappa shape index (κ2) is 7.56. The van der Waals surface area contributed by atoms with E-state index in [2.05, 4.69) is 10.3 Å². The summed E-state index contributed by atoms with van der Waals surface area (Å²) in [6.45, 7) is 3.35. The van der Waals surface area contributed by atoms with Gasteiger partial charge in [-0.05, 0) is 38.1 Å². The molecular formula is C23H20N4O4. The Morgan fingerprint density at radius 1 is 1.03 bits per heavy atom. The SMILES string of the molecule is CC(=O)c1cccc(NC(=O)c2cn(C)c3c(=O)n(-c4ccc(C)cc4)c(=O)[nH]c23)c1. The van der Waals surface area contributed by atoms with Gasteiger partial charge in [-0.3, -0.25) is 14.4 Å². The zero-order valence-electron chi connectivity index (χ0n) is 17.2. The van der Waals surface area contributed by atoms with Gasteiger partial charge in [-0.15, -0.1) is 0 Å². The lowest BCUT2D eigenvalue weighted by molar-refractivity contribution is 0.101. The van der Waals surface area contributed by atoms with Crippen molar-refractivity contribution < 1.29 is 9.59 Å². The van der Waals surface area contributed by atoms with Gasteiger partial charge in [-0.2, -0.15) is 0 Å². The van der Waals surface area contributed by atoms with E-state index in [1.165, 1.54) is 17.7 Å². The van der Waals surface area contributed by atoms with Crippen molar-refractivity contribution in [2.24, 2.45) is 7.05 Å². The molecule has 0 aliphatic carbocycles. The van der Waals surface area contributed by atoms with E-state index in [0.717, 1.165) is 10.1 Å². The van der Waals surface area contributed by atoms with Crippen LogP contribution in [0.3, 0.4) is 0 Å². The number of aromatic amines is 1. The number of Topliss-reactive ketones (excluding diaryl/α,β-unsaturated/α-hetero) is 1. The first kappa shape index (κ1) is 20.1. The minimum atomic E-state index is -0.639. The highest BCUT2D eigenvalue weighted by Crippen LogP contribution is 2.18. The molecule has 1 amide bonds. The van der Waals surface area contributed by atoms with Crippen LogP contribution >= 0.6 is 0 Å². The molecule has 0 aliphatic rings. The topological polar surface area (TPSA) is 106 Å². The quantitative estimate of drug-likeness (QED) is 0.499. The Morgan fingerprint density at radius 3 is 2.42 bits per heavy atom. The van der Waals surface area contributed by atoms with Crippen molar-refractivity contribution >= 4 is 28.4 Å². The third-order valence-corrected chi connectivity index (χ3v) is 5.09. The highest BCUT2D eigenvalue weighted by Gasteiger charge is 2.20. The molecule has 0 saturated carbocycles. The van der Waals surface area contributed by atoms with E-state index in [1.807, 2.05) is 19.1 Å². The largest absolute Gasteiger partial charge is 0.344 e. The summed E-state index contributed by atoms with van der Waals surface area (Å²) in [6.07, 6.45) is 1.49. The van der Waals surface area contributed by atoms with Crippen LogP contribution in [0.15, 0.2) is 64.3 Å². The minimum Gasteiger partial charge on any atom is -0.344 e. The van der Waals surface area contributed by atoms with E-state index in [1.54, 1.807) is 43.4 Å². The smallest absolute Gasteiger partial charge is 0.333 e. The highest BCUT2D eigenvalue weighted by molar-refractivity contribution is 6.12. The number of ketones is 1. The van der Waals surface area contributed by atoms with Gasteiger partial charge in [-0.1, -0.05) is 29.8 Å². The van der Waals surface area contributed by atoms with E-state index in [4.69, 9.17) is 0 Å². The molecule has 4 aromatic rings. The van der Waals surface area contributed by atoms with E-state index in [-0.39, 0.29) is 22.4 Å². The van der Waals surface area contributed by atoms with Gasteiger partial charge in [0.05, 0.1) is 16.8 Å². The summed E-state index contributed by atoms with van der Waals surface area (Å²) in [5.41, 5.74) is 1.67. The van der Waals surface area contributed by atoms with Crippen LogP contribution in [0.4, 0.5) is 5.69 Å². The van der Waals surface area contributed by atoms with E-state index < -0.39 is 17.2 Å². The van der Waals surface area contributed by atoms with Crippen LogP contribution in [0.2, 0.25) is 0 Å². The molecule has 2 aromatic carbocycles. The molecule has 0 aliphatic heterocycles. The van der Waals surface area contributed by atoms with Crippen LogP contribution in [0, 0.1) is 6.92 Å². The fourth-order valence-electron chi connectivity index (χ4n) is 3.49. The summed E-state index contributed by atoms with van der Waals surface area (Å²) in [5.74, 6) is -0.628. The molecule has 0 spiro atoms. The van der Waals surface area contributed by atoms with Gasteiger partial charge >= 0.3 is 5.69 Å². The molecule has 0 unspecified atom stereocenters. The summed E-state index contributed by atoms with van der Waals surface area (Å²) in [6, 6.07) is 13.5. The number of anilines is 1. The van der Waals surface area contributed by atoms with Crippen LogP contribution < -0.4 is 16.6 Å². The average Bonchev–Trinajstić information content (AvgIpc) is 3.06. The molecule has 31 heavy (non-hydrogen) atoms. The molecule has 8 heteroatoms. The number of aryl methyl sites for hydroxylation is 2. The molecule has 0 bridgehead atoms. The summed E-state index contributed by atoms with van der Waals surface area (Å²) in [5, 5.41) is 2.72. The number of nitrogens with zero attached hydrogens (tertiary/aromatic N) is 2. The molecule has 0 radical (unpaired) electrons. The summed E-state index contributed by atoms with van der Waals surface area (Å²) < 4.78 is 2.55. The van der Waals surface area contributed by atoms with Crippen molar-refractivity contribution in [3.63, 3.8) is 0 Å². The van der Waals surface area contributed by atoms with Crippen molar-refractivity contribution in [1.82, 2.24) is 14.1 Å². The first-order chi connectivity index (χ1) is 14.8. The first-order valence-corrected chi connectivity index (χ1v) is 9.60. The normalized spacial score (nSPS) is 10.9. The van der Waals surface area contributed by atoms with Gasteiger partial charge in [0.2, 0.25) is 0 Å². The Labute approximate surface area is 176 Å². The molecule has 0 fully saturated rings. The highest BCUT2D eigenvalue weighted by atomic mass is 16.2. The second-order valence-electron chi connectivity index (χ2n) is 7.37. The van der Waals surface area contributed by atoms with E-state index in [0.29, 0.717) is 16.9 Å². The molecule has 4 rings (SSSR count). The monoisotopic (exact) mass is 416 g/mol. The van der Waals surface area contributed by atoms with Crippen molar-refractivity contribution in [2.45, 2.75) is 13.8 Å². The molecule has 156 valence electrons. The molecular weight excluding hydrogens is 396 g/mol. The van der Waals surface area contributed by atoms with Gasteiger partial charge in [0, 0.05) is 24.5 Å². The Kier molecular flexibility index (Phi) is 4.90. The molecule has 2 heterocycles. The summed E-state index contributed by atoms with van der Waals surface area (Å²) in [7, 11) is 1.63. The zero-order chi connectivity index (χ0) is 22.3. The lowest BCUT2D eigenvalue weighted by Gasteiger charge is -2.07. The lowest BCUT2D eigenvalue weighted by atomic mass is 10.1. The number of carbonyl (C=O) groups excluding carboxylic acids is 2. The average molecular weight is 416 g/mol. The number of hydrogen-bond donors (Lipinski definition) is 2. The maximum atomic E-state index is 13.1. The summed E-state index contributed by atoms with van der Waals surface area (Å²) >= 11 is 0. The van der Waals surface area contributed by atoms with Crippen molar-refractivity contribution in [2.75, 3.05) is 5.32 Å². The number of nitrogens with one attached hydrogen (secondary N) is 2. The predicted octanol–water partition coefficient (Wildman–Crippen LogP) is 2.78. The number of aromatic nitrogens is 3. The number of amides is 1. The fourth-order valence-corrected chi connectivity index (χ4v) is 3.49. The number of rotatable bonds is 4. The first-order valence-electron chi connectivity index (χ1n) is 9.60. The number of carbonyl (C=O) groups is 2. The van der Waals surface area contributed by atoms with Crippen LogP contribution in [0.1, 0.15) is 33.2 Å². The van der Waals surface area contributed by atoms with Gasteiger partial charge in [0.1, 0.15) is 5.52 Å². The zero-order valence-corrected chi connectivity index (χ0v) is 17.2. The number of benzene rings is 2. The van der Waals surface area contributed by atoms with E-state index >= 15 is 0 Å². The lowest BCUT2D eigenvalue weighted by Crippen LogP contribution is -2.34. The Balaban J connectivity index is 1.80. The third kappa shape index (κ3) is 3.59. The van der Waals surface area contributed by atoms with Crippen LogP contribution in [-0.2, 0) is 7.05 Å². The molecule has 0 saturated heterocycles. The Morgan fingerprint density at radius 2 is 1.74 bits per heavy atom. The van der Waals surface area contributed by atoms with Gasteiger partial charge < -0.3 is 14.9 Å². The number of H-pyrrole nitrogens is 1. The summed E-state index contributed by atoms with van der Waals surface area (Å²) in [4.78, 5) is 53.0. The standard InChI is InChI=1S/C23H20N4O4/c1-13-7-9-17(10-8-13)27-22(30)20-19(25-23(27)31)18(12-26(20)3)21(29)24-16-6-4-5-15(11-16)14(2)28/h4-12H,1-3H3,(H,24,29)(H,25,31). The van der Waals surface area contributed by atoms with Gasteiger partial charge in [0.15, 0.2) is 5.78 Å². The van der Waals surface area contributed by atoms with Crippen molar-refractivity contribution in [3.05, 3.63) is 92.3 Å². The predicted molar refractivity (Wildman–Crippen MR) is 118 cm³/mol. The van der Waals surface area contributed by atoms with Crippen molar-refractivity contribution in [3.8, 4) is 5.69 Å². The second-order valence-corrected chi connectivity index (χ2v) is 7.37. The Hall–Kier alpha value is -4.20. The maximum absolute atomic E-state index is 13.1. The fraction of sp³-hybridized carbons (Fsp3) is 0.130. The van der Waals surface area contributed by atoms with Gasteiger partial charge in [-0.25, -0.2) is 9.36 Å². The molecule has 8 nitrogen and oxygen atoms in total. The molecule has 2 aromatic heterocycles. The minimum absolute atomic E-state index is 0.123. The maximum Gasteiger partial charge on any atom is 0.333 e. The van der Waals surface area contributed by atoms with Crippen molar-refractivity contribution in [1.29, 1.82) is 0 Å². The number of fused-ring (bicyclic) bond motifs is 1. The van der Waals surface area contributed by atoms with Crippen LogP contribution in [0.25, 0.3) is 16.7 Å². The van der Waals surface area contributed by atoms with Gasteiger partial charge in [0.25, 0.3) is 11.5 Å². The number of hydrogen-bond acceptors (Lipinski definition) is 4. The third-order valence-electron chi connectivity index (χ3n) is 5.09. The van der Waals surface area contributed by atoms with Crippen LogP contribution in [-0.4, -0.2) is 25.8 Å². The Bertz CT molecular complexity index is 1460.